The molecule has 40 heavy (non-hydrogen) atoms. The number of hydrogen-bond donors (Lipinski definition) is 0. The van der Waals surface area contributed by atoms with E-state index in [4.69, 9.17) is 14.2 Å². The quantitative estimate of drug-likeness (QED) is 0.224. The number of carbonyl (C=O) groups is 1. The van der Waals surface area contributed by atoms with Crippen molar-refractivity contribution in [1.82, 2.24) is 4.57 Å². The summed E-state index contributed by atoms with van der Waals surface area (Å²) in [5.74, 6) is 1.06. The van der Waals surface area contributed by atoms with Crippen molar-refractivity contribution in [2.45, 2.75) is 26.8 Å². The first-order valence-electron chi connectivity index (χ1n) is 13.1. The normalized spacial score (nSPS) is 14.9. The van der Waals surface area contributed by atoms with Crippen LogP contribution in [0.5, 0.6) is 11.5 Å². The van der Waals surface area contributed by atoms with Gasteiger partial charge in [0.1, 0.15) is 24.7 Å². The van der Waals surface area contributed by atoms with E-state index in [0.717, 1.165) is 16.9 Å². The molecule has 0 saturated heterocycles. The third kappa shape index (κ3) is 5.92. The van der Waals surface area contributed by atoms with E-state index >= 15 is 0 Å². The smallest absolute Gasteiger partial charge is 0.338 e. The Morgan fingerprint density at radius 2 is 1.55 bits per heavy atom. The van der Waals surface area contributed by atoms with Gasteiger partial charge in [-0.2, -0.15) is 0 Å². The van der Waals surface area contributed by atoms with Crippen molar-refractivity contribution in [3.8, 4) is 11.5 Å². The second kappa shape index (κ2) is 12.2. The van der Waals surface area contributed by atoms with Crippen LogP contribution < -0.4 is 24.4 Å². The van der Waals surface area contributed by atoms with Gasteiger partial charge >= 0.3 is 5.97 Å². The van der Waals surface area contributed by atoms with Crippen molar-refractivity contribution >= 4 is 23.4 Å². The number of aromatic nitrogens is 1. The molecule has 2 heterocycles. The van der Waals surface area contributed by atoms with Crippen molar-refractivity contribution in [2.24, 2.45) is 4.99 Å². The largest absolute Gasteiger partial charge is 0.490 e. The zero-order chi connectivity index (χ0) is 28.1. The molecule has 7 nitrogen and oxygen atoms in total. The van der Waals surface area contributed by atoms with Crippen LogP contribution >= 0.6 is 11.3 Å². The van der Waals surface area contributed by atoms with Crippen LogP contribution in [0.15, 0.2) is 99.9 Å². The molecule has 8 heteroatoms. The lowest BCUT2D eigenvalue weighted by atomic mass is 9.96. The van der Waals surface area contributed by atoms with Gasteiger partial charge in [0, 0.05) is 0 Å². The van der Waals surface area contributed by atoms with Crippen LogP contribution in [-0.4, -0.2) is 30.4 Å². The first kappa shape index (κ1) is 27.1. The molecular weight excluding hydrogens is 524 g/mol. The number of thiazole rings is 1. The van der Waals surface area contributed by atoms with Crippen LogP contribution in [0.4, 0.5) is 0 Å². The number of allylic oxidation sites excluding steroid dienone is 1. The van der Waals surface area contributed by atoms with Crippen LogP contribution in [0.3, 0.4) is 0 Å². The summed E-state index contributed by atoms with van der Waals surface area (Å²) in [6.07, 6.45) is 1.83. The van der Waals surface area contributed by atoms with E-state index < -0.39 is 12.0 Å². The first-order chi connectivity index (χ1) is 19.4. The summed E-state index contributed by atoms with van der Waals surface area (Å²) in [5.41, 5.74) is 3.57. The fourth-order valence-electron chi connectivity index (χ4n) is 4.51. The number of esters is 1. The van der Waals surface area contributed by atoms with Gasteiger partial charge in [0.05, 0.1) is 28.5 Å². The van der Waals surface area contributed by atoms with Crippen molar-refractivity contribution < 1.29 is 19.0 Å². The van der Waals surface area contributed by atoms with E-state index in [1.807, 2.05) is 91.9 Å². The third-order valence-corrected chi connectivity index (χ3v) is 7.43. The molecule has 0 N–H and O–H groups in total. The summed E-state index contributed by atoms with van der Waals surface area (Å²) in [6, 6.07) is 24.3. The highest BCUT2D eigenvalue weighted by Gasteiger charge is 2.33. The van der Waals surface area contributed by atoms with Gasteiger partial charge < -0.3 is 14.2 Å². The van der Waals surface area contributed by atoms with Crippen molar-refractivity contribution in [3.63, 3.8) is 0 Å². The van der Waals surface area contributed by atoms with Crippen LogP contribution in [0, 0.1) is 6.92 Å². The number of hydrogen-bond acceptors (Lipinski definition) is 7. The number of fused-ring (bicyclic) bond motifs is 1. The summed E-state index contributed by atoms with van der Waals surface area (Å²) >= 11 is 1.30. The highest BCUT2D eigenvalue weighted by molar-refractivity contribution is 7.07. The van der Waals surface area contributed by atoms with E-state index in [9.17, 15) is 9.59 Å². The molecule has 0 saturated carbocycles. The summed E-state index contributed by atoms with van der Waals surface area (Å²) in [5, 5.41) is 0. The summed E-state index contributed by atoms with van der Waals surface area (Å²) < 4.78 is 19.0. The minimum atomic E-state index is -0.614. The van der Waals surface area contributed by atoms with E-state index in [-0.39, 0.29) is 12.2 Å². The van der Waals surface area contributed by atoms with Gasteiger partial charge in [-0.3, -0.25) is 9.36 Å². The SMILES string of the molecule is CCOC(=O)C1=C(C)N=c2sc(=Cc3ccc(OCCOc4ccc(C)cc4)cc3)c(=O)n2C1c1ccccc1. The van der Waals surface area contributed by atoms with Gasteiger partial charge in [-0.15, -0.1) is 0 Å². The Hall–Kier alpha value is -4.43. The number of aryl methyl sites for hydroxylation is 1. The molecule has 1 aliphatic heterocycles. The number of carbonyl (C=O) groups excluding carboxylic acids is 1. The van der Waals surface area contributed by atoms with E-state index in [1.165, 1.54) is 16.9 Å². The molecule has 0 bridgehead atoms. The molecular formula is C32H30N2O5S. The molecule has 1 atom stereocenters. The second-order valence-corrected chi connectivity index (χ2v) is 10.3. The summed E-state index contributed by atoms with van der Waals surface area (Å²) in [7, 11) is 0. The Balaban J connectivity index is 1.37. The van der Waals surface area contributed by atoms with Crippen LogP contribution in [0.25, 0.3) is 6.08 Å². The Labute approximate surface area is 236 Å². The first-order valence-corrected chi connectivity index (χ1v) is 13.9. The molecule has 0 fully saturated rings. The van der Waals surface area contributed by atoms with E-state index in [0.29, 0.717) is 39.6 Å². The zero-order valence-electron chi connectivity index (χ0n) is 22.6. The molecule has 0 amide bonds. The number of ether oxygens (including phenoxy) is 3. The standard InChI is InChI=1S/C32H30N2O5S/c1-4-37-31(36)28-22(3)33-32-34(29(28)24-8-6-5-7-9-24)30(35)27(40-32)20-23-12-16-26(17-13-23)39-19-18-38-25-14-10-21(2)11-15-25/h5-17,20,29H,4,18-19H2,1-3H3. The van der Waals surface area contributed by atoms with Gasteiger partial charge in [0.2, 0.25) is 0 Å². The van der Waals surface area contributed by atoms with E-state index in [1.54, 1.807) is 18.4 Å². The topological polar surface area (TPSA) is 79.1 Å². The minimum absolute atomic E-state index is 0.208. The molecule has 204 valence electrons. The molecule has 4 aromatic rings. The molecule has 5 rings (SSSR count). The third-order valence-electron chi connectivity index (χ3n) is 6.45. The van der Waals surface area contributed by atoms with Crippen LogP contribution in [0.1, 0.15) is 36.6 Å². The Kier molecular flexibility index (Phi) is 8.26. The Morgan fingerprint density at radius 3 is 2.17 bits per heavy atom. The summed E-state index contributed by atoms with van der Waals surface area (Å²) in [6.45, 7) is 6.66. The lowest BCUT2D eigenvalue weighted by Gasteiger charge is -2.24. The second-order valence-electron chi connectivity index (χ2n) is 9.29. The van der Waals surface area contributed by atoms with Gasteiger partial charge in [-0.1, -0.05) is 71.5 Å². The zero-order valence-corrected chi connectivity index (χ0v) is 23.4. The molecule has 0 radical (unpaired) electrons. The lowest BCUT2D eigenvalue weighted by molar-refractivity contribution is -0.139. The maximum absolute atomic E-state index is 13.7. The maximum atomic E-state index is 13.7. The molecule has 3 aromatic carbocycles. The summed E-state index contributed by atoms with van der Waals surface area (Å²) in [4.78, 5) is 31.8. The minimum Gasteiger partial charge on any atom is -0.490 e. The van der Waals surface area contributed by atoms with Gasteiger partial charge in [-0.25, -0.2) is 9.79 Å². The van der Waals surface area contributed by atoms with E-state index in [2.05, 4.69) is 4.99 Å². The Morgan fingerprint density at radius 1 is 0.925 bits per heavy atom. The lowest BCUT2D eigenvalue weighted by Crippen LogP contribution is -2.39. The number of rotatable bonds is 9. The monoisotopic (exact) mass is 554 g/mol. The molecule has 1 aliphatic rings. The average Bonchev–Trinajstić information content (AvgIpc) is 3.26. The molecule has 0 spiro atoms. The van der Waals surface area contributed by atoms with Crippen LogP contribution in [0.2, 0.25) is 0 Å². The van der Waals surface area contributed by atoms with Crippen molar-refractivity contribution in [1.29, 1.82) is 0 Å². The predicted octanol–water partition coefficient (Wildman–Crippen LogP) is 4.56. The predicted molar refractivity (Wildman–Crippen MR) is 155 cm³/mol. The fourth-order valence-corrected chi connectivity index (χ4v) is 5.55. The van der Waals surface area contributed by atoms with Gasteiger partial charge in [0.15, 0.2) is 4.80 Å². The molecule has 0 aliphatic carbocycles. The van der Waals surface area contributed by atoms with Crippen molar-refractivity contribution in [2.75, 3.05) is 19.8 Å². The van der Waals surface area contributed by atoms with Gasteiger partial charge in [-0.05, 0) is 62.2 Å². The fraction of sp³-hybridized carbons (Fsp3) is 0.219. The maximum Gasteiger partial charge on any atom is 0.338 e. The number of nitrogens with zero attached hydrogens (tertiary/aromatic N) is 2. The van der Waals surface area contributed by atoms with Gasteiger partial charge in [0.25, 0.3) is 5.56 Å². The van der Waals surface area contributed by atoms with Crippen molar-refractivity contribution in [3.05, 3.63) is 127 Å². The highest BCUT2D eigenvalue weighted by atomic mass is 32.1. The molecule has 1 unspecified atom stereocenters. The average molecular weight is 555 g/mol. The molecule has 1 aromatic heterocycles. The number of benzene rings is 3. The van der Waals surface area contributed by atoms with Crippen LogP contribution in [-0.2, 0) is 9.53 Å². The Bertz CT molecular complexity index is 1700. The highest BCUT2D eigenvalue weighted by Crippen LogP contribution is 2.30.